The summed E-state index contributed by atoms with van der Waals surface area (Å²) in [6.07, 6.45) is 7.15. The van der Waals surface area contributed by atoms with Crippen molar-refractivity contribution in [1.29, 1.82) is 0 Å². The summed E-state index contributed by atoms with van der Waals surface area (Å²) in [5, 5.41) is 9.24. The van der Waals surface area contributed by atoms with Gasteiger partial charge in [-0.25, -0.2) is 0 Å². The molecule has 0 atom stereocenters. The van der Waals surface area contributed by atoms with E-state index in [1.807, 2.05) is 13.8 Å². The van der Waals surface area contributed by atoms with Crippen molar-refractivity contribution in [2.75, 3.05) is 113 Å². The summed E-state index contributed by atoms with van der Waals surface area (Å²) in [6.45, 7) is 32.3. The normalized spacial score (nSPS) is 21.5. The van der Waals surface area contributed by atoms with Gasteiger partial charge in [-0.15, -0.1) is 0 Å². The smallest absolute Gasteiger partial charge is 0.0995 e. The van der Waals surface area contributed by atoms with Crippen molar-refractivity contribution in [3.05, 3.63) is 0 Å². The van der Waals surface area contributed by atoms with E-state index in [4.69, 9.17) is 23.7 Å². The molecule has 0 unspecified atom stereocenters. The zero-order valence-corrected chi connectivity index (χ0v) is 31.5. The SMILES string of the molecule is CC(C)OCN1CCC(O)CC1.CC(C)OCN1CCCCC1.CC(C)OCN1CCN(C)CC1.CC(C)OCN1CCOCC1. The van der Waals surface area contributed by atoms with Gasteiger partial charge >= 0.3 is 0 Å². The number of hydrogen-bond acceptors (Lipinski definition) is 11. The Hall–Kier alpha value is -0.440. The number of rotatable bonds is 12. The second-order valence-corrected chi connectivity index (χ2v) is 14.1. The van der Waals surface area contributed by atoms with E-state index >= 15 is 0 Å². The molecule has 4 saturated heterocycles. The Morgan fingerprint density at radius 3 is 1.24 bits per heavy atom. The number of piperidine rings is 2. The fourth-order valence-electron chi connectivity index (χ4n) is 4.86. The average Bonchev–Trinajstić information content (AvgIpc) is 3.04. The number of nitrogens with zero attached hydrogens (tertiary/aromatic N) is 5. The Morgan fingerprint density at radius 1 is 0.500 bits per heavy atom. The van der Waals surface area contributed by atoms with Gasteiger partial charge in [0.05, 0.1) is 70.7 Å². The maximum Gasteiger partial charge on any atom is 0.0995 e. The highest BCUT2D eigenvalue weighted by atomic mass is 16.5. The lowest BCUT2D eigenvalue weighted by Crippen LogP contribution is -2.45. The summed E-state index contributed by atoms with van der Waals surface area (Å²) in [6, 6.07) is 0. The lowest BCUT2D eigenvalue weighted by Gasteiger charge is -2.32. The highest BCUT2D eigenvalue weighted by molar-refractivity contribution is 4.69. The molecule has 0 aromatic heterocycles. The van der Waals surface area contributed by atoms with Crippen LogP contribution in [-0.4, -0.2) is 173 Å². The van der Waals surface area contributed by atoms with Crippen molar-refractivity contribution in [2.45, 2.75) is 118 Å². The van der Waals surface area contributed by atoms with Gasteiger partial charge in [-0.3, -0.25) is 19.6 Å². The molecule has 11 nitrogen and oxygen atoms in total. The van der Waals surface area contributed by atoms with Crippen LogP contribution in [0.4, 0.5) is 0 Å². The molecule has 0 saturated carbocycles. The zero-order chi connectivity index (χ0) is 34.2. The first-order valence-electron chi connectivity index (χ1n) is 18.2. The lowest BCUT2D eigenvalue weighted by atomic mass is 10.1. The zero-order valence-electron chi connectivity index (χ0n) is 31.5. The van der Waals surface area contributed by atoms with E-state index in [0.29, 0.717) is 31.1 Å². The minimum atomic E-state index is -0.0831. The number of morpholine rings is 1. The quantitative estimate of drug-likeness (QED) is 0.330. The second-order valence-electron chi connectivity index (χ2n) is 14.1. The van der Waals surface area contributed by atoms with Gasteiger partial charge in [0.2, 0.25) is 0 Å². The van der Waals surface area contributed by atoms with Gasteiger partial charge in [-0.2, -0.15) is 0 Å². The molecule has 0 aliphatic carbocycles. The van der Waals surface area contributed by atoms with Crippen molar-refractivity contribution >= 4 is 0 Å². The number of hydrogen-bond donors (Lipinski definition) is 1. The summed E-state index contributed by atoms with van der Waals surface area (Å²) in [5.41, 5.74) is 0. The fraction of sp³-hybridized carbons (Fsp3) is 1.00. The summed E-state index contributed by atoms with van der Waals surface area (Å²) in [5.74, 6) is 0. The van der Waals surface area contributed by atoms with E-state index < -0.39 is 0 Å². The Bertz CT molecular complexity index is 606. The third kappa shape index (κ3) is 25.6. The van der Waals surface area contributed by atoms with Crippen molar-refractivity contribution in [3.63, 3.8) is 0 Å². The number of likely N-dealkylation sites (N-methyl/N-ethyl adjacent to an activating group) is 1. The molecular formula is C35H75N5O6. The lowest BCUT2D eigenvalue weighted by molar-refractivity contribution is -0.0511. The largest absolute Gasteiger partial charge is 0.393 e. The molecule has 4 rings (SSSR count). The van der Waals surface area contributed by atoms with Crippen molar-refractivity contribution in [1.82, 2.24) is 24.5 Å². The summed E-state index contributed by atoms with van der Waals surface area (Å²) in [4.78, 5) is 11.6. The van der Waals surface area contributed by atoms with Gasteiger partial charge in [0.25, 0.3) is 0 Å². The molecule has 1 N–H and O–H groups in total. The molecule has 0 amide bonds. The maximum atomic E-state index is 9.24. The third-order valence-electron chi connectivity index (χ3n) is 8.07. The average molecular weight is 662 g/mol. The van der Waals surface area contributed by atoms with Crippen LogP contribution in [0.2, 0.25) is 0 Å². The van der Waals surface area contributed by atoms with E-state index in [0.717, 1.165) is 85.5 Å². The van der Waals surface area contributed by atoms with Crippen LogP contribution in [0.25, 0.3) is 0 Å². The van der Waals surface area contributed by atoms with Gasteiger partial charge in [0.15, 0.2) is 0 Å². The molecule has 46 heavy (non-hydrogen) atoms. The predicted octanol–water partition coefficient (Wildman–Crippen LogP) is 4.00. The Balaban J connectivity index is 0.000000307. The highest BCUT2D eigenvalue weighted by Crippen LogP contribution is 2.10. The number of aliphatic hydroxyl groups is 1. The van der Waals surface area contributed by atoms with E-state index in [2.05, 4.69) is 73.1 Å². The van der Waals surface area contributed by atoms with Crippen LogP contribution in [0.15, 0.2) is 0 Å². The van der Waals surface area contributed by atoms with Crippen LogP contribution in [0.1, 0.15) is 87.5 Å². The van der Waals surface area contributed by atoms with Crippen molar-refractivity contribution < 1.29 is 28.8 Å². The molecule has 4 heterocycles. The van der Waals surface area contributed by atoms with Crippen LogP contribution in [0.5, 0.6) is 0 Å². The number of aliphatic hydroxyl groups excluding tert-OH is 1. The Morgan fingerprint density at radius 2 is 0.848 bits per heavy atom. The minimum absolute atomic E-state index is 0.0831. The summed E-state index contributed by atoms with van der Waals surface area (Å²) >= 11 is 0. The van der Waals surface area contributed by atoms with E-state index in [1.165, 1.54) is 45.4 Å². The summed E-state index contributed by atoms with van der Waals surface area (Å²) < 4.78 is 27.2. The van der Waals surface area contributed by atoms with Crippen LogP contribution in [0, 0.1) is 0 Å². The Kier molecular flexibility index (Phi) is 26.0. The van der Waals surface area contributed by atoms with Gasteiger partial charge in [0.1, 0.15) is 0 Å². The molecular weight excluding hydrogens is 586 g/mol. The monoisotopic (exact) mass is 662 g/mol. The van der Waals surface area contributed by atoms with Crippen LogP contribution >= 0.6 is 0 Å². The highest BCUT2D eigenvalue weighted by Gasteiger charge is 2.17. The Labute approximate surface area is 283 Å². The minimum Gasteiger partial charge on any atom is -0.393 e. The summed E-state index contributed by atoms with van der Waals surface area (Å²) in [7, 11) is 2.17. The molecule has 11 heteroatoms. The molecule has 0 bridgehead atoms. The third-order valence-corrected chi connectivity index (χ3v) is 8.07. The maximum absolute atomic E-state index is 9.24. The van der Waals surface area contributed by atoms with Crippen LogP contribution in [0.3, 0.4) is 0 Å². The van der Waals surface area contributed by atoms with Crippen LogP contribution < -0.4 is 0 Å². The number of likely N-dealkylation sites (tertiary alicyclic amines) is 2. The fourth-order valence-corrected chi connectivity index (χ4v) is 4.86. The molecule has 276 valence electrons. The molecule has 0 radical (unpaired) electrons. The van der Waals surface area contributed by atoms with Gasteiger partial charge < -0.3 is 33.7 Å². The van der Waals surface area contributed by atoms with E-state index in [1.54, 1.807) is 0 Å². The number of ether oxygens (including phenoxy) is 5. The van der Waals surface area contributed by atoms with Gasteiger partial charge in [-0.05, 0) is 88.1 Å². The van der Waals surface area contributed by atoms with E-state index in [9.17, 15) is 5.11 Å². The molecule has 4 aliphatic rings. The molecule has 0 aromatic carbocycles. The predicted molar refractivity (Wildman–Crippen MR) is 188 cm³/mol. The van der Waals surface area contributed by atoms with Crippen molar-refractivity contribution in [3.8, 4) is 0 Å². The standard InChI is InChI=1S/C9H20N2O.C9H19NO2.C9H19NO.C8H17NO2/c1-9(2)12-8-11-6-4-10(3)5-7-11;1-8(2)12-7-10-5-3-9(11)4-6-10;1-9(2)11-8-10-6-4-3-5-7-10;1-8(2)11-7-9-3-5-10-6-4-9/h9H,4-8H2,1-3H3;8-9,11H,3-7H2,1-2H3;9H,3-8H2,1-2H3;8H,3-7H2,1-2H3. The second kappa shape index (κ2) is 27.4. The molecule has 4 aliphatic heterocycles. The molecule has 0 aromatic rings. The van der Waals surface area contributed by atoms with E-state index in [-0.39, 0.29) is 6.10 Å². The molecule has 0 spiro atoms. The molecule has 4 fully saturated rings. The van der Waals surface area contributed by atoms with Crippen molar-refractivity contribution in [2.24, 2.45) is 0 Å². The number of piperazine rings is 1. The van der Waals surface area contributed by atoms with Gasteiger partial charge in [0, 0.05) is 65.4 Å². The first kappa shape index (κ1) is 43.6. The topological polar surface area (TPSA) is 82.6 Å². The van der Waals surface area contributed by atoms with Gasteiger partial charge in [-0.1, -0.05) is 6.42 Å². The first-order valence-corrected chi connectivity index (χ1v) is 18.2. The van der Waals surface area contributed by atoms with Crippen LogP contribution in [-0.2, 0) is 23.7 Å². The first-order chi connectivity index (χ1) is 21.9.